The van der Waals surface area contributed by atoms with Crippen LogP contribution >= 0.6 is 11.3 Å². The van der Waals surface area contributed by atoms with E-state index in [1.54, 1.807) is 12.4 Å². The van der Waals surface area contributed by atoms with E-state index in [1.165, 1.54) is 17.7 Å². The molecule has 0 bridgehead atoms. The number of pyridine rings is 1. The largest absolute Gasteiger partial charge is 0.298 e. The Morgan fingerprint density at radius 1 is 1.30 bits per heavy atom. The highest BCUT2D eigenvalue weighted by atomic mass is 32.1. The second-order valence-corrected chi connectivity index (χ2v) is 6.97. The molecule has 0 unspecified atom stereocenters. The summed E-state index contributed by atoms with van der Waals surface area (Å²) in [4.78, 5) is 12.8. The van der Waals surface area contributed by atoms with Crippen molar-refractivity contribution in [1.29, 1.82) is 0 Å². The van der Waals surface area contributed by atoms with E-state index < -0.39 is 0 Å². The number of nitrogens with one attached hydrogen (secondary N) is 1. The molecule has 1 atom stereocenters. The fraction of sp³-hybridized carbons (Fsp3) is 0.353. The van der Waals surface area contributed by atoms with Gasteiger partial charge in [0, 0.05) is 41.8 Å². The Kier molecular flexibility index (Phi) is 4.17. The quantitative estimate of drug-likeness (QED) is 0.799. The summed E-state index contributed by atoms with van der Waals surface area (Å²) in [5.74, 6) is 2.17. The molecule has 0 spiro atoms. The molecule has 5 nitrogen and oxygen atoms in total. The van der Waals surface area contributed by atoms with Gasteiger partial charge in [0.25, 0.3) is 0 Å². The number of nitrogens with zero attached hydrogens (tertiary/aromatic N) is 4. The highest BCUT2D eigenvalue weighted by Gasteiger charge is 2.24. The van der Waals surface area contributed by atoms with Gasteiger partial charge in [-0.25, -0.2) is 4.98 Å². The molecule has 3 aromatic rings. The highest BCUT2D eigenvalue weighted by molar-refractivity contribution is 7.09. The second kappa shape index (κ2) is 6.60. The monoisotopic (exact) mass is 325 g/mol. The summed E-state index contributed by atoms with van der Waals surface area (Å²) in [5.41, 5.74) is 0.959. The van der Waals surface area contributed by atoms with Gasteiger partial charge in [-0.15, -0.1) is 11.3 Å². The Balaban J connectivity index is 1.46. The van der Waals surface area contributed by atoms with E-state index in [2.05, 4.69) is 37.6 Å². The second-order valence-electron chi connectivity index (χ2n) is 5.94. The van der Waals surface area contributed by atoms with E-state index in [4.69, 9.17) is 4.98 Å². The zero-order chi connectivity index (χ0) is 15.5. The molecule has 1 saturated heterocycles. The summed E-state index contributed by atoms with van der Waals surface area (Å²) in [7, 11) is 0. The van der Waals surface area contributed by atoms with Crippen LogP contribution in [0.3, 0.4) is 0 Å². The Bertz CT molecular complexity index is 737. The molecule has 1 N–H and O–H groups in total. The van der Waals surface area contributed by atoms with Crippen LogP contribution in [-0.4, -0.2) is 38.2 Å². The van der Waals surface area contributed by atoms with E-state index in [-0.39, 0.29) is 0 Å². The smallest absolute Gasteiger partial charge is 0.182 e. The van der Waals surface area contributed by atoms with Crippen molar-refractivity contribution >= 4 is 11.3 Å². The van der Waals surface area contributed by atoms with Crippen molar-refractivity contribution in [2.24, 2.45) is 0 Å². The van der Waals surface area contributed by atoms with E-state index in [0.29, 0.717) is 5.92 Å². The van der Waals surface area contributed by atoms with Crippen molar-refractivity contribution in [2.45, 2.75) is 25.3 Å². The Morgan fingerprint density at radius 2 is 2.30 bits per heavy atom. The maximum absolute atomic E-state index is 4.70. The molecule has 1 aliphatic heterocycles. The number of H-pyrrole nitrogens is 1. The molecule has 1 aliphatic rings. The first-order chi connectivity index (χ1) is 11.4. The lowest BCUT2D eigenvalue weighted by Gasteiger charge is -2.31. The molecule has 4 rings (SSSR count). The van der Waals surface area contributed by atoms with Crippen molar-refractivity contribution in [3.8, 4) is 11.4 Å². The van der Waals surface area contributed by atoms with Gasteiger partial charge in [-0.2, -0.15) is 5.10 Å². The predicted molar refractivity (Wildman–Crippen MR) is 91.2 cm³/mol. The van der Waals surface area contributed by atoms with E-state index >= 15 is 0 Å². The molecule has 4 heterocycles. The molecule has 0 radical (unpaired) electrons. The van der Waals surface area contributed by atoms with Gasteiger partial charge in [0.2, 0.25) is 0 Å². The van der Waals surface area contributed by atoms with Crippen LogP contribution < -0.4 is 0 Å². The predicted octanol–water partition coefficient (Wildman–Crippen LogP) is 3.31. The Labute approximate surface area is 139 Å². The first-order valence-electron chi connectivity index (χ1n) is 7.96. The van der Waals surface area contributed by atoms with Crippen LogP contribution in [0.15, 0.2) is 42.0 Å². The van der Waals surface area contributed by atoms with Crippen LogP contribution in [0.2, 0.25) is 0 Å². The molecular formula is C17H19N5S. The molecular weight excluding hydrogens is 306 g/mol. The number of piperidine rings is 1. The van der Waals surface area contributed by atoms with Gasteiger partial charge >= 0.3 is 0 Å². The summed E-state index contributed by atoms with van der Waals surface area (Å²) in [6, 6.07) is 8.24. The van der Waals surface area contributed by atoms with Gasteiger partial charge in [0.15, 0.2) is 5.82 Å². The number of rotatable bonds is 4. The molecule has 0 aromatic carbocycles. The van der Waals surface area contributed by atoms with Crippen LogP contribution in [-0.2, 0) is 6.54 Å². The van der Waals surface area contributed by atoms with E-state index in [0.717, 1.165) is 36.8 Å². The molecule has 118 valence electrons. The summed E-state index contributed by atoms with van der Waals surface area (Å²) in [6.45, 7) is 3.25. The average molecular weight is 325 g/mol. The first kappa shape index (κ1) is 14.5. The van der Waals surface area contributed by atoms with Gasteiger partial charge in [-0.3, -0.25) is 15.0 Å². The number of aromatic amines is 1. The minimum Gasteiger partial charge on any atom is -0.298 e. The Morgan fingerprint density at radius 3 is 3.13 bits per heavy atom. The SMILES string of the molecule is c1cncc(-c2n[nH]c([C@H]3CCCN(Cc4cccs4)C3)n2)c1. The maximum Gasteiger partial charge on any atom is 0.182 e. The van der Waals surface area contributed by atoms with Crippen LogP contribution in [0, 0.1) is 0 Å². The van der Waals surface area contributed by atoms with Gasteiger partial charge in [-0.1, -0.05) is 6.07 Å². The van der Waals surface area contributed by atoms with Gasteiger partial charge in [0.1, 0.15) is 5.82 Å². The molecule has 0 amide bonds. The van der Waals surface area contributed by atoms with Crippen molar-refractivity contribution in [3.05, 3.63) is 52.7 Å². The van der Waals surface area contributed by atoms with Gasteiger partial charge < -0.3 is 0 Å². The summed E-state index contributed by atoms with van der Waals surface area (Å²) < 4.78 is 0. The Hall–Kier alpha value is -2.05. The summed E-state index contributed by atoms with van der Waals surface area (Å²) >= 11 is 1.83. The lowest BCUT2D eigenvalue weighted by atomic mass is 9.97. The molecule has 3 aromatic heterocycles. The van der Waals surface area contributed by atoms with Crippen molar-refractivity contribution < 1.29 is 0 Å². The fourth-order valence-corrected chi connectivity index (χ4v) is 3.87. The lowest BCUT2D eigenvalue weighted by Crippen LogP contribution is -2.34. The van der Waals surface area contributed by atoms with Crippen LogP contribution in [0.1, 0.15) is 29.5 Å². The zero-order valence-electron chi connectivity index (χ0n) is 12.9. The zero-order valence-corrected chi connectivity index (χ0v) is 13.7. The first-order valence-corrected chi connectivity index (χ1v) is 8.84. The average Bonchev–Trinajstić information content (AvgIpc) is 3.28. The third-order valence-electron chi connectivity index (χ3n) is 4.27. The number of thiophene rings is 1. The number of hydrogen-bond donors (Lipinski definition) is 1. The normalized spacial score (nSPS) is 19.0. The molecule has 1 fully saturated rings. The molecule has 0 saturated carbocycles. The molecule has 23 heavy (non-hydrogen) atoms. The summed E-state index contributed by atoms with van der Waals surface area (Å²) in [5, 5.41) is 9.66. The number of hydrogen-bond acceptors (Lipinski definition) is 5. The topological polar surface area (TPSA) is 57.7 Å². The molecule has 0 aliphatic carbocycles. The van der Waals surface area contributed by atoms with E-state index in [1.807, 2.05) is 23.5 Å². The lowest BCUT2D eigenvalue weighted by molar-refractivity contribution is 0.198. The highest BCUT2D eigenvalue weighted by Crippen LogP contribution is 2.27. The third-order valence-corrected chi connectivity index (χ3v) is 5.14. The van der Waals surface area contributed by atoms with E-state index in [9.17, 15) is 0 Å². The maximum atomic E-state index is 4.70. The van der Waals surface area contributed by atoms with Gasteiger partial charge in [0.05, 0.1) is 0 Å². The van der Waals surface area contributed by atoms with Crippen LogP contribution in [0.5, 0.6) is 0 Å². The van der Waals surface area contributed by atoms with Crippen LogP contribution in [0.4, 0.5) is 0 Å². The molecule has 6 heteroatoms. The summed E-state index contributed by atoms with van der Waals surface area (Å²) in [6.07, 6.45) is 5.94. The number of aromatic nitrogens is 4. The minimum absolute atomic E-state index is 0.432. The third kappa shape index (κ3) is 3.33. The van der Waals surface area contributed by atoms with Crippen molar-refractivity contribution in [2.75, 3.05) is 13.1 Å². The van der Waals surface area contributed by atoms with Gasteiger partial charge in [-0.05, 0) is 43.0 Å². The minimum atomic E-state index is 0.432. The standard InChI is InChI=1S/C17H19N5S/c1-4-13(10-18-7-1)16-19-17(21-20-16)14-5-2-8-22(11-14)12-15-6-3-9-23-15/h1,3-4,6-7,9-10,14H,2,5,8,11-12H2,(H,19,20,21)/t14-/m0/s1. The fourth-order valence-electron chi connectivity index (χ4n) is 3.13. The van der Waals surface area contributed by atoms with Crippen LogP contribution in [0.25, 0.3) is 11.4 Å². The van der Waals surface area contributed by atoms with Crippen molar-refractivity contribution in [3.63, 3.8) is 0 Å². The van der Waals surface area contributed by atoms with Crippen molar-refractivity contribution in [1.82, 2.24) is 25.1 Å². The number of likely N-dealkylation sites (tertiary alicyclic amines) is 1.